The van der Waals surface area contributed by atoms with Crippen LogP contribution in [0.4, 0.5) is 11.4 Å². The number of methoxy groups -OCH3 is 2. The highest BCUT2D eigenvalue weighted by molar-refractivity contribution is 6.52. The molecule has 1 atom stereocenters. The Hall–Kier alpha value is -5.06. The molecule has 0 aliphatic carbocycles. The Morgan fingerprint density at radius 2 is 1.74 bits per heavy atom. The van der Waals surface area contributed by atoms with E-state index in [1.807, 2.05) is 0 Å². The molecule has 5 rings (SSSR count). The largest absolute Gasteiger partial charge is 0.493 e. The lowest BCUT2D eigenvalue weighted by Gasteiger charge is -2.25. The summed E-state index contributed by atoms with van der Waals surface area (Å²) in [6, 6.07) is 17.1. The zero-order chi connectivity index (χ0) is 27.0. The van der Waals surface area contributed by atoms with Gasteiger partial charge in [-0.1, -0.05) is 18.2 Å². The molecule has 0 saturated heterocycles. The number of nitro groups is 1. The Labute approximate surface area is 217 Å². The third-order valence-corrected chi connectivity index (χ3v) is 6.54. The van der Waals surface area contributed by atoms with Gasteiger partial charge in [-0.2, -0.15) is 5.10 Å². The second kappa shape index (κ2) is 9.77. The van der Waals surface area contributed by atoms with Gasteiger partial charge in [0.1, 0.15) is 6.54 Å². The van der Waals surface area contributed by atoms with Crippen LogP contribution in [0, 0.1) is 10.1 Å². The Morgan fingerprint density at radius 3 is 2.42 bits per heavy atom. The number of para-hydroxylation sites is 1. The second-order valence-electron chi connectivity index (χ2n) is 8.66. The van der Waals surface area contributed by atoms with E-state index >= 15 is 0 Å². The summed E-state index contributed by atoms with van der Waals surface area (Å²) < 4.78 is 10.8. The van der Waals surface area contributed by atoms with E-state index in [1.165, 1.54) is 31.4 Å². The summed E-state index contributed by atoms with van der Waals surface area (Å²) in [7, 11) is 3.02. The minimum absolute atomic E-state index is 0.0624. The summed E-state index contributed by atoms with van der Waals surface area (Å²) in [5.74, 6) is -0.960. The van der Waals surface area contributed by atoms with Crippen molar-refractivity contribution in [1.29, 1.82) is 0 Å². The first-order valence-corrected chi connectivity index (χ1v) is 11.6. The average Bonchev–Trinajstić information content (AvgIpc) is 3.49. The highest BCUT2D eigenvalue weighted by Gasteiger charge is 2.40. The normalized spacial score (nSPS) is 16.4. The van der Waals surface area contributed by atoms with Gasteiger partial charge >= 0.3 is 0 Å². The van der Waals surface area contributed by atoms with Crippen LogP contribution in [0.3, 0.4) is 0 Å². The molecule has 11 heteroatoms. The van der Waals surface area contributed by atoms with Gasteiger partial charge in [-0.25, -0.2) is 5.01 Å². The Morgan fingerprint density at radius 1 is 1.03 bits per heavy atom. The number of Topliss-reactive ketones (excluding diaryl/α,β-unsaturated/α-hetero) is 1. The molecule has 3 aromatic carbocycles. The Bertz CT molecular complexity index is 1500. The molecule has 0 spiro atoms. The molecule has 2 aliphatic rings. The molecule has 2 aliphatic heterocycles. The molecular weight excluding hydrogens is 492 g/mol. The lowest BCUT2D eigenvalue weighted by molar-refractivity contribution is -0.384. The quantitative estimate of drug-likeness (QED) is 0.268. The summed E-state index contributed by atoms with van der Waals surface area (Å²) >= 11 is 0. The molecule has 0 saturated carbocycles. The van der Waals surface area contributed by atoms with Gasteiger partial charge in [0, 0.05) is 18.6 Å². The smallest absolute Gasteiger partial charge is 0.299 e. The zero-order valence-corrected chi connectivity index (χ0v) is 20.5. The van der Waals surface area contributed by atoms with E-state index in [0.29, 0.717) is 40.4 Å². The molecule has 0 aromatic heterocycles. The Kier molecular flexibility index (Phi) is 6.33. The molecule has 0 bridgehead atoms. The summed E-state index contributed by atoms with van der Waals surface area (Å²) in [4.78, 5) is 50.4. The summed E-state index contributed by atoms with van der Waals surface area (Å²) in [6.45, 7) is -0.386. The fourth-order valence-corrected chi connectivity index (χ4v) is 4.62. The molecule has 192 valence electrons. The van der Waals surface area contributed by atoms with Crippen molar-refractivity contribution in [3.63, 3.8) is 0 Å². The SMILES string of the molecule is COc1ccc(C2CC(c3ccc([N+](=O)[O-])cc3)=NN2C(=O)CN2C(=O)C(=O)c3ccccc32)cc1OC. The van der Waals surface area contributed by atoms with Crippen LogP contribution in [0.1, 0.15) is 33.9 Å². The van der Waals surface area contributed by atoms with Gasteiger partial charge in [0.05, 0.1) is 42.1 Å². The van der Waals surface area contributed by atoms with Crippen molar-refractivity contribution in [2.75, 3.05) is 25.7 Å². The van der Waals surface area contributed by atoms with Gasteiger partial charge in [-0.3, -0.25) is 29.4 Å². The molecule has 0 radical (unpaired) electrons. The fraction of sp³-hybridized carbons (Fsp3) is 0.185. The third kappa shape index (κ3) is 4.23. The van der Waals surface area contributed by atoms with Crippen LogP contribution in [-0.2, 0) is 9.59 Å². The molecule has 0 N–H and O–H groups in total. The van der Waals surface area contributed by atoms with E-state index in [2.05, 4.69) is 5.10 Å². The number of rotatable bonds is 7. The van der Waals surface area contributed by atoms with Crippen LogP contribution in [-0.4, -0.2) is 54.0 Å². The zero-order valence-electron chi connectivity index (χ0n) is 20.5. The number of fused-ring (bicyclic) bond motifs is 1. The van der Waals surface area contributed by atoms with Crippen LogP contribution in [0.2, 0.25) is 0 Å². The second-order valence-corrected chi connectivity index (χ2v) is 8.66. The van der Waals surface area contributed by atoms with Crippen molar-refractivity contribution in [3.05, 3.63) is 93.5 Å². The van der Waals surface area contributed by atoms with Gasteiger partial charge in [0.2, 0.25) is 0 Å². The molecule has 1 unspecified atom stereocenters. The van der Waals surface area contributed by atoms with Gasteiger partial charge in [0.15, 0.2) is 11.5 Å². The van der Waals surface area contributed by atoms with Crippen molar-refractivity contribution < 1.29 is 28.8 Å². The molecule has 3 aromatic rings. The minimum atomic E-state index is -0.777. The topological polar surface area (TPSA) is 132 Å². The number of nitro benzene ring substituents is 1. The lowest BCUT2D eigenvalue weighted by atomic mass is 9.98. The number of hydrogen-bond acceptors (Lipinski definition) is 8. The molecule has 2 heterocycles. The van der Waals surface area contributed by atoms with Crippen LogP contribution in [0.5, 0.6) is 11.5 Å². The van der Waals surface area contributed by atoms with Crippen LogP contribution < -0.4 is 14.4 Å². The first-order valence-electron chi connectivity index (χ1n) is 11.6. The number of ether oxygens (including phenoxy) is 2. The van der Waals surface area contributed by atoms with Gasteiger partial charge in [0.25, 0.3) is 23.3 Å². The number of ketones is 1. The molecule has 11 nitrogen and oxygen atoms in total. The van der Waals surface area contributed by atoms with Crippen LogP contribution in [0.15, 0.2) is 71.8 Å². The standard InChI is InChI=1S/C27H22N4O7/c1-37-23-12-9-17(13-24(23)38-2)22-14-20(16-7-10-18(11-8-16)31(35)36)28-30(22)25(32)15-29-21-6-4-3-5-19(21)26(33)27(29)34/h3-13,22H,14-15H2,1-2H3. The van der Waals surface area contributed by atoms with Gasteiger partial charge in [-0.15, -0.1) is 0 Å². The van der Waals surface area contributed by atoms with Crippen molar-refractivity contribution in [3.8, 4) is 11.5 Å². The van der Waals surface area contributed by atoms with Crippen molar-refractivity contribution in [1.82, 2.24) is 5.01 Å². The van der Waals surface area contributed by atoms with E-state index in [9.17, 15) is 24.5 Å². The van der Waals surface area contributed by atoms with E-state index in [0.717, 1.165) is 4.90 Å². The monoisotopic (exact) mass is 514 g/mol. The molecular formula is C27H22N4O7. The first-order chi connectivity index (χ1) is 18.3. The van der Waals surface area contributed by atoms with E-state index in [1.54, 1.807) is 54.6 Å². The predicted octanol–water partition coefficient (Wildman–Crippen LogP) is 3.52. The van der Waals surface area contributed by atoms with E-state index < -0.39 is 28.6 Å². The average molecular weight is 514 g/mol. The maximum atomic E-state index is 13.6. The predicted molar refractivity (Wildman–Crippen MR) is 137 cm³/mol. The highest BCUT2D eigenvalue weighted by atomic mass is 16.6. The lowest BCUT2D eigenvalue weighted by Crippen LogP contribution is -2.40. The number of anilines is 1. The van der Waals surface area contributed by atoms with Gasteiger partial charge in [-0.05, 0) is 47.5 Å². The Balaban J connectivity index is 1.50. The summed E-state index contributed by atoms with van der Waals surface area (Å²) in [5, 5.41) is 16.9. The van der Waals surface area contributed by atoms with Crippen LogP contribution >= 0.6 is 0 Å². The van der Waals surface area contributed by atoms with Crippen molar-refractivity contribution in [2.24, 2.45) is 5.10 Å². The number of carbonyl (C=O) groups is 3. The van der Waals surface area contributed by atoms with E-state index in [4.69, 9.17) is 9.47 Å². The highest BCUT2D eigenvalue weighted by Crippen LogP contribution is 2.38. The maximum Gasteiger partial charge on any atom is 0.299 e. The number of benzene rings is 3. The van der Waals surface area contributed by atoms with Gasteiger partial charge < -0.3 is 9.47 Å². The van der Waals surface area contributed by atoms with Crippen molar-refractivity contribution >= 4 is 34.7 Å². The van der Waals surface area contributed by atoms with Crippen molar-refractivity contribution in [2.45, 2.75) is 12.5 Å². The first kappa shape index (κ1) is 24.6. The number of nitrogens with zero attached hydrogens (tertiary/aromatic N) is 4. The summed E-state index contributed by atoms with van der Waals surface area (Å²) in [6.07, 6.45) is 0.308. The summed E-state index contributed by atoms with van der Waals surface area (Å²) in [5.41, 5.74) is 2.43. The number of non-ortho nitro benzene ring substituents is 1. The number of hydrazone groups is 1. The third-order valence-electron chi connectivity index (χ3n) is 6.54. The molecule has 2 amide bonds. The fourth-order valence-electron chi connectivity index (χ4n) is 4.62. The number of hydrogen-bond donors (Lipinski definition) is 0. The minimum Gasteiger partial charge on any atom is -0.493 e. The van der Waals surface area contributed by atoms with E-state index in [-0.39, 0.29) is 17.8 Å². The molecule has 38 heavy (non-hydrogen) atoms. The van der Waals surface area contributed by atoms with Crippen LogP contribution in [0.25, 0.3) is 0 Å². The molecule has 0 fully saturated rings. The maximum absolute atomic E-state index is 13.6. The number of amides is 2. The number of carbonyl (C=O) groups excluding carboxylic acids is 3.